The minimum absolute atomic E-state index is 0.210. The lowest BCUT2D eigenvalue weighted by molar-refractivity contribution is -0.141. The van der Waals surface area contributed by atoms with Gasteiger partial charge in [0.1, 0.15) is 5.69 Å². The van der Waals surface area contributed by atoms with Gasteiger partial charge in [0.15, 0.2) is 0 Å². The molecule has 2 heterocycles. The lowest BCUT2D eigenvalue weighted by atomic mass is 9.90. The third kappa shape index (κ3) is 4.19. The maximum atomic E-state index is 12.6. The van der Waals surface area contributed by atoms with E-state index in [-0.39, 0.29) is 6.04 Å². The van der Waals surface area contributed by atoms with Gasteiger partial charge in [-0.3, -0.25) is 0 Å². The van der Waals surface area contributed by atoms with Crippen LogP contribution in [0.5, 0.6) is 0 Å². The van der Waals surface area contributed by atoms with Crippen molar-refractivity contribution in [3.63, 3.8) is 0 Å². The summed E-state index contributed by atoms with van der Waals surface area (Å²) in [7, 11) is 0. The van der Waals surface area contributed by atoms with E-state index in [9.17, 15) is 13.2 Å². The first kappa shape index (κ1) is 17.5. The number of alkyl halides is 3. The molecule has 1 aliphatic carbocycles. The molecule has 3 rings (SSSR count). The summed E-state index contributed by atoms with van der Waals surface area (Å²) in [6, 6.07) is 3.47. The Bertz CT molecular complexity index is 532. The Morgan fingerprint density at radius 2 is 1.92 bits per heavy atom. The number of nitrogens with zero attached hydrogens (tertiary/aromatic N) is 2. The van der Waals surface area contributed by atoms with Gasteiger partial charge in [-0.1, -0.05) is 12.8 Å². The molecule has 1 unspecified atom stereocenters. The van der Waals surface area contributed by atoms with Crippen molar-refractivity contribution in [1.29, 1.82) is 0 Å². The molecule has 0 aromatic carbocycles. The number of rotatable bonds is 3. The van der Waals surface area contributed by atoms with Gasteiger partial charge in [-0.25, -0.2) is 4.98 Å². The van der Waals surface area contributed by atoms with Crippen LogP contribution in [0.1, 0.15) is 44.2 Å². The molecule has 24 heavy (non-hydrogen) atoms. The van der Waals surface area contributed by atoms with Crippen LogP contribution in [0.3, 0.4) is 0 Å². The van der Waals surface area contributed by atoms with Gasteiger partial charge in [0, 0.05) is 31.2 Å². The van der Waals surface area contributed by atoms with Gasteiger partial charge in [-0.15, -0.1) is 0 Å². The number of anilines is 1. The molecule has 1 saturated carbocycles. The summed E-state index contributed by atoms with van der Waals surface area (Å²) in [5.41, 5.74) is 6.12. The zero-order valence-electron chi connectivity index (χ0n) is 13.7. The van der Waals surface area contributed by atoms with E-state index in [2.05, 4.69) is 15.2 Å². The zero-order valence-corrected chi connectivity index (χ0v) is 13.7. The van der Waals surface area contributed by atoms with Gasteiger partial charge < -0.3 is 16.0 Å². The average Bonchev–Trinajstić information content (AvgIpc) is 2.57. The first-order valence-electron chi connectivity index (χ1n) is 8.73. The molecule has 2 fully saturated rings. The molecule has 0 amide bonds. The zero-order chi connectivity index (χ0) is 17.2. The van der Waals surface area contributed by atoms with Gasteiger partial charge >= 0.3 is 6.18 Å². The number of hydrogen-bond acceptors (Lipinski definition) is 4. The number of halogens is 3. The maximum Gasteiger partial charge on any atom is 0.433 e. The second-order valence-electron chi connectivity index (χ2n) is 6.91. The largest absolute Gasteiger partial charge is 0.433 e. The predicted molar refractivity (Wildman–Crippen MR) is 87.8 cm³/mol. The lowest BCUT2D eigenvalue weighted by Crippen LogP contribution is -2.55. The van der Waals surface area contributed by atoms with Crippen molar-refractivity contribution in [2.45, 2.75) is 62.8 Å². The highest BCUT2D eigenvalue weighted by Crippen LogP contribution is 2.29. The van der Waals surface area contributed by atoms with Crippen molar-refractivity contribution < 1.29 is 13.2 Å². The standard InChI is InChI=1S/C17H25F3N4/c18-17(19,20)16-8-7-13(10-22-16)24-9-3-4-12(11-24)23-15-6-2-1-5-14(15)21/h7-8,10,12,14-15,23H,1-6,9,11,21H2/t12?,14-,15-/m1/s1. The molecule has 3 atom stereocenters. The number of piperidine rings is 1. The Balaban J connectivity index is 1.60. The van der Waals surface area contributed by atoms with Crippen LogP contribution in [0, 0.1) is 0 Å². The maximum absolute atomic E-state index is 12.6. The fraction of sp³-hybridized carbons (Fsp3) is 0.706. The first-order valence-corrected chi connectivity index (χ1v) is 8.73. The number of aromatic nitrogens is 1. The molecular weight excluding hydrogens is 317 g/mol. The Morgan fingerprint density at radius 1 is 1.12 bits per heavy atom. The van der Waals surface area contributed by atoms with Crippen LogP contribution in [0.25, 0.3) is 0 Å². The van der Waals surface area contributed by atoms with E-state index < -0.39 is 11.9 Å². The van der Waals surface area contributed by atoms with Gasteiger partial charge in [0.25, 0.3) is 0 Å². The fourth-order valence-corrected chi connectivity index (χ4v) is 3.76. The van der Waals surface area contributed by atoms with E-state index in [0.29, 0.717) is 12.1 Å². The van der Waals surface area contributed by atoms with Gasteiger partial charge in [0.2, 0.25) is 0 Å². The van der Waals surface area contributed by atoms with Crippen LogP contribution in [0.4, 0.5) is 18.9 Å². The van der Waals surface area contributed by atoms with Crippen molar-refractivity contribution in [2.24, 2.45) is 5.73 Å². The van der Waals surface area contributed by atoms with Crippen molar-refractivity contribution in [3.8, 4) is 0 Å². The topological polar surface area (TPSA) is 54.2 Å². The lowest BCUT2D eigenvalue weighted by Gasteiger charge is -2.39. The highest BCUT2D eigenvalue weighted by molar-refractivity contribution is 5.45. The first-order chi connectivity index (χ1) is 11.4. The molecule has 4 nitrogen and oxygen atoms in total. The number of nitrogens with two attached hydrogens (primary N) is 1. The van der Waals surface area contributed by atoms with E-state index in [1.165, 1.54) is 25.1 Å². The van der Waals surface area contributed by atoms with Crippen LogP contribution >= 0.6 is 0 Å². The van der Waals surface area contributed by atoms with Crippen molar-refractivity contribution in [1.82, 2.24) is 10.3 Å². The summed E-state index contributed by atoms with van der Waals surface area (Å²) in [6.45, 7) is 1.64. The number of pyridine rings is 1. The fourth-order valence-electron chi connectivity index (χ4n) is 3.76. The Morgan fingerprint density at radius 3 is 2.58 bits per heavy atom. The molecule has 134 valence electrons. The van der Waals surface area contributed by atoms with E-state index in [0.717, 1.165) is 50.5 Å². The Labute approximate surface area is 140 Å². The molecule has 2 aliphatic rings. The second-order valence-corrected chi connectivity index (χ2v) is 6.91. The van der Waals surface area contributed by atoms with Crippen LogP contribution in [0.15, 0.2) is 18.3 Å². The molecule has 3 N–H and O–H groups in total. The van der Waals surface area contributed by atoms with Crippen LogP contribution in [-0.4, -0.2) is 36.2 Å². The molecule has 0 spiro atoms. The SMILES string of the molecule is N[C@@H]1CCCC[C@H]1NC1CCCN(c2ccc(C(F)(F)F)nc2)C1. The van der Waals surface area contributed by atoms with E-state index in [1.807, 2.05) is 0 Å². The molecule has 7 heteroatoms. The molecule has 0 bridgehead atoms. The summed E-state index contributed by atoms with van der Waals surface area (Å²) >= 11 is 0. The normalized spacial score (nSPS) is 28.8. The monoisotopic (exact) mass is 342 g/mol. The van der Waals surface area contributed by atoms with Gasteiger partial charge in [0.05, 0.1) is 11.9 Å². The second kappa shape index (κ2) is 7.27. The molecule has 1 aromatic rings. The summed E-state index contributed by atoms with van der Waals surface area (Å²) in [5.74, 6) is 0. The molecular formula is C17H25F3N4. The van der Waals surface area contributed by atoms with Crippen molar-refractivity contribution in [3.05, 3.63) is 24.0 Å². The Kier molecular flexibility index (Phi) is 5.30. The van der Waals surface area contributed by atoms with E-state index in [1.54, 1.807) is 0 Å². The molecule has 1 aromatic heterocycles. The summed E-state index contributed by atoms with van der Waals surface area (Å²) < 4.78 is 37.9. The quantitative estimate of drug-likeness (QED) is 0.887. The van der Waals surface area contributed by atoms with Crippen molar-refractivity contribution in [2.75, 3.05) is 18.0 Å². The summed E-state index contributed by atoms with van der Waals surface area (Å²) in [4.78, 5) is 5.68. The van der Waals surface area contributed by atoms with Gasteiger partial charge in [-0.05, 0) is 37.8 Å². The highest BCUT2D eigenvalue weighted by Gasteiger charge is 2.32. The van der Waals surface area contributed by atoms with Gasteiger partial charge in [-0.2, -0.15) is 13.2 Å². The van der Waals surface area contributed by atoms with Crippen LogP contribution < -0.4 is 16.0 Å². The predicted octanol–water partition coefficient (Wildman–Crippen LogP) is 2.93. The average molecular weight is 342 g/mol. The van der Waals surface area contributed by atoms with E-state index >= 15 is 0 Å². The summed E-state index contributed by atoms with van der Waals surface area (Å²) in [6.07, 6.45) is 3.63. The molecule has 1 aliphatic heterocycles. The van der Waals surface area contributed by atoms with Crippen LogP contribution in [-0.2, 0) is 6.18 Å². The molecule has 1 saturated heterocycles. The highest BCUT2D eigenvalue weighted by atomic mass is 19.4. The molecule has 0 radical (unpaired) electrons. The van der Waals surface area contributed by atoms with Crippen molar-refractivity contribution >= 4 is 5.69 Å². The minimum atomic E-state index is -4.39. The Hall–Kier alpha value is -1.34. The smallest absolute Gasteiger partial charge is 0.369 e. The number of hydrogen-bond donors (Lipinski definition) is 2. The number of nitrogens with one attached hydrogen (secondary N) is 1. The van der Waals surface area contributed by atoms with E-state index in [4.69, 9.17) is 5.73 Å². The van der Waals surface area contributed by atoms with Crippen LogP contribution in [0.2, 0.25) is 0 Å². The summed E-state index contributed by atoms with van der Waals surface area (Å²) in [5, 5.41) is 3.68. The minimum Gasteiger partial charge on any atom is -0.369 e. The third-order valence-corrected chi connectivity index (χ3v) is 5.09. The third-order valence-electron chi connectivity index (χ3n) is 5.09.